The molecule has 0 N–H and O–H groups in total. The molecule has 2 aromatic carbocycles. The monoisotopic (exact) mass is 282 g/mol. The molecule has 0 bridgehead atoms. The first-order valence-corrected chi connectivity index (χ1v) is 6.52. The lowest BCUT2D eigenvalue weighted by atomic mass is 10.2. The van der Waals surface area contributed by atoms with Crippen molar-refractivity contribution in [2.24, 2.45) is 0 Å². The van der Waals surface area contributed by atoms with Gasteiger partial charge < -0.3 is 4.74 Å². The van der Waals surface area contributed by atoms with Crippen molar-refractivity contribution in [1.29, 1.82) is 0 Å². The highest BCUT2D eigenvalue weighted by molar-refractivity contribution is 6.29. The first kappa shape index (κ1) is 12.6. The number of halogens is 1. The molecule has 0 aliphatic carbocycles. The summed E-state index contributed by atoms with van der Waals surface area (Å²) in [7, 11) is 0. The van der Waals surface area contributed by atoms with E-state index in [1.54, 1.807) is 6.07 Å². The van der Waals surface area contributed by atoms with Crippen LogP contribution >= 0.6 is 11.6 Å². The Morgan fingerprint density at radius 1 is 0.800 bits per heavy atom. The number of benzene rings is 2. The van der Waals surface area contributed by atoms with Crippen LogP contribution in [0.15, 0.2) is 66.7 Å². The molecule has 3 nitrogen and oxygen atoms in total. The van der Waals surface area contributed by atoms with Gasteiger partial charge in [-0.05, 0) is 12.1 Å². The van der Waals surface area contributed by atoms with Crippen LogP contribution < -0.4 is 4.74 Å². The van der Waals surface area contributed by atoms with Crippen LogP contribution in [0.2, 0.25) is 5.15 Å². The molecule has 1 heterocycles. The maximum absolute atomic E-state index is 6.04. The van der Waals surface area contributed by atoms with Crippen LogP contribution in [0.1, 0.15) is 0 Å². The van der Waals surface area contributed by atoms with E-state index in [-0.39, 0.29) is 0 Å². The van der Waals surface area contributed by atoms with Gasteiger partial charge in [0.15, 0.2) is 5.82 Å². The maximum atomic E-state index is 6.04. The third-order valence-corrected chi connectivity index (χ3v) is 2.86. The molecule has 3 rings (SSSR count). The summed E-state index contributed by atoms with van der Waals surface area (Å²) >= 11 is 6.04. The standard InChI is InChI=1S/C16H11ClN2O/c17-14-11-15(20-13-9-5-2-6-10-13)19-16(18-14)12-7-3-1-4-8-12/h1-11H. The highest BCUT2D eigenvalue weighted by Crippen LogP contribution is 2.24. The van der Waals surface area contributed by atoms with Crippen LogP contribution in [0.4, 0.5) is 0 Å². The predicted molar refractivity (Wildman–Crippen MR) is 79.0 cm³/mol. The summed E-state index contributed by atoms with van der Waals surface area (Å²) < 4.78 is 5.69. The summed E-state index contributed by atoms with van der Waals surface area (Å²) in [6.45, 7) is 0. The lowest BCUT2D eigenvalue weighted by Gasteiger charge is -2.07. The van der Waals surface area contributed by atoms with E-state index in [9.17, 15) is 0 Å². The third kappa shape index (κ3) is 2.95. The Labute approximate surface area is 121 Å². The molecule has 0 saturated heterocycles. The summed E-state index contributed by atoms with van der Waals surface area (Å²) in [5.74, 6) is 1.68. The van der Waals surface area contributed by atoms with E-state index in [0.717, 1.165) is 5.56 Å². The fourth-order valence-corrected chi connectivity index (χ4v) is 1.95. The summed E-state index contributed by atoms with van der Waals surface area (Å²) in [5.41, 5.74) is 0.896. The van der Waals surface area contributed by atoms with E-state index >= 15 is 0 Å². The molecule has 0 saturated carbocycles. The van der Waals surface area contributed by atoms with E-state index in [1.807, 2.05) is 60.7 Å². The Morgan fingerprint density at radius 3 is 2.15 bits per heavy atom. The first-order valence-electron chi connectivity index (χ1n) is 6.14. The predicted octanol–water partition coefficient (Wildman–Crippen LogP) is 4.59. The van der Waals surface area contributed by atoms with E-state index in [4.69, 9.17) is 16.3 Å². The van der Waals surface area contributed by atoms with Crippen LogP contribution in [-0.2, 0) is 0 Å². The molecule has 0 radical (unpaired) electrons. The Bertz CT molecular complexity index is 702. The fourth-order valence-electron chi connectivity index (χ4n) is 1.77. The number of rotatable bonds is 3. The van der Waals surface area contributed by atoms with Gasteiger partial charge in [-0.1, -0.05) is 60.1 Å². The van der Waals surface area contributed by atoms with Crippen LogP contribution in [0.25, 0.3) is 11.4 Å². The zero-order chi connectivity index (χ0) is 13.8. The molecule has 0 unspecified atom stereocenters. The van der Waals surface area contributed by atoms with Crippen LogP contribution in [-0.4, -0.2) is 9.97 Å². The first-order chi connectivity index (χ1) is 9.81. The van der Waals surface area contributed by atoms with Crippen molar-refractivity contribution in [2.75, 3.05) is 0 Å². The second-order valence-corrected chi connectivity index (χ2v) is 4.52. The van der Waals surface area contributed by atoms with Gasteiger partial charge in [-0.2, -0.15) is 4.98 Å². The van der Waals surface area contributed by atoms with E-state index < -0.39 is 0 Å². The van der Waals surface area contributed by atoms with Crippen molar-refractivity contribution in [3.05, 3.63) is 71.9 Å². The van der Waals surface area contributed by atoms with Gasteiger partial charge in [-0.3, -0.25) is 0 Å². The van der Waals surface area contributed by atoms with Gasteiger partial charge in [-0.25, -0.2) is 4.98 Å². The Kier molecular flexibility index (Phi) is 3.61. The van der Waals surface area contributed by atoms with Gasteiger partial charge >= 0.3 is 0 Å². The minimum atomic E-state index is 0.352. The van der Waals surface area contributed by atoms with Gasteiger partial charge in [0, 0.05) is 11.6 Å². The van der Waals surface area contributed by atoms with E-state index in [0.29, 0.717) is 22.6 Å². The molecule has 20 heavy (non-hydrogen) atoms. The molecule has 1 aromatic heterocycles. The SMILES string of the molecule is Clc1cc(Oc2ccccc2)nc(-c2ccccc2)n1. The molecule has 0 spiro atoms. The zero-order valence-electron chi connectivity index (χ0n) is 10.5. The van der Waals surface area contributed by atoms with Gasteiger partial charge in [0.25, 0.3) is 0 Å². The second-order valence-electron chi connectivity index (χ2n) is 4.13. The zero-order valence-corrected chi connectivity index (χ0v) is 11.3. The van der Waals surface area contributed by atoms with Crippen molar-refractivity contribution in [3.63, 3.8) is 0 Å². The Balaban J connectivity index is 1.95. The molecule has 0 atom stereocenters. The molecular weight excluding hydrogens is 272 g/mol. The minimum Gasteiger partial charge on any atom is -0.439 e. The highest BCUT2D eigenvalue weighted by atomic mass is 35.5. The smallest absolute Gasteiger partial charge is 0.224 e. The molecular formula is C16H11ClN2O. The average molecular weight is 283 g/mol. The van der Waals surface area contributed by atoms with Crippen LogP contribution in [0, 0.1) is 0 Å². The fraction of sp³-hybridized carbons (Fsp3) is 0. The lowest BCUT2D eigenvalue weighted by molar-refractivity contribution is 0.462. The van der Waals surface area contributed by atoms with Crippen molar-refractivity contribution in [2.45, 2.75) is 0 Å². The van der Waals surface area contributed by atoms with Gasteiger partial charge in [-0.15, -0.1) is 0 Å². The topological polar surface area (TPSA) is 35.0 Å². The summed E-state index contributed by atoms with van der Waals surface area (Å²) in [4.78, 5) is 8.60. The molecule has 0 amide bonds. The average Bonchev–Trinajstić information content (AvgIpc) is 2.49. The molecule has 3 aromatic rings. The van der Waals surface area contributed by atoms with Gasteiger partial charge in [0.05, 0.1) is 0 Å². The van der Waals surface area contributed by atoms with E-state index in [1.165, 1.54) is 0 Å². The number of aromatic nitrogens is 2. The third-order valence-electron chi connectivity index (χ3n) is 2.67. The summed E-state index contributed by atoms with van der Waals surface area (Å²) in [5, 5.41) is 0.352. The second kappa shape index (κ2) is 5.72. The Hall–Kier alpha value is -2.39. The number of nitrogens with zero attached hydrogens (tertiary/aromatic N) is 2. The molecule has 0 aliphatic rings. The number of hydrogen-bond donors (Lipinski definition) is 0. The van der Waals surface area contributed by atoms with Crippen molar-refractivity contribution in [3.8, 4) is 23.0 Å². The summed E-state index contributed by atoms with van der Waals surface area (Å²) in [6.07, 6.45) is 0. The van der Waals surface area contributed by atoms with Gasteiger partial charge in [0.2, 0.25) is 5.88 Å². The normalized spacial score (nSPS) is 10.2. The van der Waals surface area contributed by atoms with Crippen molar-refractivity contribution in [1.82, 2.24) is 9.97 Å². The minimum absolute atomic E-state index is 0.352. The molecule has 0 aliphatic heterocycles. The number of para-hydroxylation sites is 1. The van der Waals surface area contributed by atoms with Gasteiger partial charge in [0.1, 0.15) is 10.9 Å². The largest absolute Gasteiger partial charge is 0.439 e. The molecule has 4 heteroatoms. The van der Waals surface area contributed by atoms with Crippen LogP contribution in [0.5, 0.6) is 11.6 Å². The summed E-state index contributed by atoms with van der Waals surface area (Å²) in [6, 6.07) is 20.7. The van der Waals surface area contributed by atoms with Crippen molar-refractivity contribution >= 4 is 11.6 Å². The highest BCUT2D eigenvalue weighted by Gasteiger charge is 2.07. The maximum Gasteiger partial charge on any atom is 0.224 e. The van der Waals surface area contributed by atoms with Crippen LogP contribution in [0.3, 0.4) is 0 Å². The number of hydrogen-bond acceptors (Lipinski definition) is 3. The lowest BCUT2D eigenvalue weighted by Crippen LogP contribution is -1.94. The number of ether oxygens (including phenoxy) is 1. The quantitative estimate of drug-likeness (QED) is 0.659. The Morgan fingerprint density at radius 2 is 1.45 bits per heavy atom. The van der Waals surface area contributed by atoms with Crippen molar-refractivity contribution < 1.29 is 4.74 Å². The molecule has 0 fully saturated rings. The molecule has 98 valence electrons. The van der Waals surface area contributed by atoms with E-state index in [2.05, 4.69) is 9.97 Å².